The van der Waals surface area contributed by atoms with E-state index in [1.54, 1.807) is 11.0 Å². The van der Waals surface area contributed by atoms with Gasteiger partial charge < -0.3 is 15.5 Å². The lowest BCUT2D eigenvalue weighted by Crippen LogP contribution is -2.47. The van der Waals surface area contributed by atoms with Gasteiger partial charge in [0, 0.05) is 19.1 Å². The van der Waals surface area contributed by atoms with Gasteiger partial charge in [0.15, 0.2) is 11.6 Å². The van der Waals surface area contributed by atoms with Crippen molar-refractivity contribution in [2.75, 3.05) is 19.6 Å². The molecule has 0 unspecified atom stereocenters. The van der Waals surface area contributed by atoms with Crippen molar-refractivity contribution in [1.82, 2.24) is 15.5 Å². The summed E-state index contributed by atoms with van der Waals surface area (Å²) in [5.74, 6) is -1.28. The Kier molecular flexibility index (Phi) is 6.83. The van der Waals surface area contributed by atoms with Crippen molar-refractivity contribution in [2.24, 2.45) is 5.92 Å². The summed E-state index contributed by atoms with van der Waals surface area (Å²) >= 11 is 0. The maximum atomic E-state index is 13.6. The monoisotopic (exact) mass is 365 g/mol. The van der Waals surface area contributed by atoms with E-state index < -0.39 is 11.6 Å². The summed E-state index contributed by atoms with van der Waals surface area (Å²) < 4.78 is 26.8. The molecule has 1 saturated carbocycles. The number of carbonyl (C=O) groups is 1. The van der Waals surface area contributed by atoms with Gasteiger partial charge in [-0.2, -0.15) is 0 Å². The predicted molar refractivity (Wildman–Crippen MR) is 97.8 cm³/mol. The van der Waals surface area contributed by atoms with Gasteiger partial charge in [0.2, 0.25) is 0 Å². The summed E-state index contributed by atoms with van der Waals surface area (Å²) in [6.45, 7) is 2.89. The van der Waals surface area contributed by atoms with Gasteiger partial charge in [-0.05, 0) is 62.4 Å². The van der Waals surface area contributed by atoms with Crippen molar-refractivity contribution >= 4 is 6.03 Å². The van der Waals surface area contributed by atoms with Crippen molar-refractivity contribution in [1.29, 1.82) is 0 Å². The number of rotatable bonds is 5. The third-order valence-electron chi connectivity index (χ3n) is 5.51. The zero-order chi connectivity index (χ0) is 18.4. The molecule has 3 rings (SSSR count). The van der Waals surface area contributed by atoms with Crippen LogP contribution in [0.3, 0.4) is 0 Å². The minimum absolute atomic E-state index is 0.0832. The molecular formula is C20H29F2N3O. The number of hydrogen-bond donors (Lipinski definition) is 2. The predicted octanol–water partition coefficient (Wildman–Crippen LogP) is 3.81. The van der Waals surface area contributed by atoms with Crippen molar-refractivity contribution in [3.63, 3.8) is 0 Å². The van der Waals surface area contributed by atoms with Crippen molar-refractivity contribution < 1.29 is 13.6 Å². The molecule has 1 aromatic carbocycles. The van der Waals surface area contributed by atoms with Crippen LogP contribution in [0.2, 0.25) is 0 Å². The summed E-state index contributed by atoms with van der Waals surface area (Å²) in [5, 5.41) is 6.49. The Morgan fingerprint density at radius 2 is 1.81 bits per heavy atom. The number of nitrogens with one attached hydrogen (secondary N) is 2. The minimum Gasteiger partial charge on any atom is -0.335 e. The lowest BCUT2D eigenvalue weighted by Gasteiger charge is -2.32. The SMILES string of the molecule is O=C(NC1CCCCC1)N(Cc1ccc(F)c(F)c1)CC1CCNCC1. The van der Waals surface area contributed by atoms with E-state index in [1.807, 2.05) is 0 Å². The first kappa shape index (κ1) is 19.1. The first-order valence-electron chi connectivity index (χ1n) is 9.82. The highest BCUT2D eigenvalue weighted by Crippen LogP contribution is 2.20. The average Bonchev–Trinajstić information content (AvgIpc) is 2.66. The van der Waals surface area contributed by atoms with Crippen molar-refractivity contribution in [3.05, 3.63) is 35.4 Å². The fourth-order valence-corrected chi connectivity index (χ4v) is 3.97. The summed E-state index contributed by atoms with van der Waals surface area (Å²) in [5.41, 5.74) is 0.622. The second-order valence-corrected chi connectivity index (χ2v) is 7.61. The number of piperidine rings is 1. The molecule has 4 nitrogen and oxygen atoms in total. The quantitative estimate of drug-likeness (QED) is 0.833. The number of carbonyl (C=O) groups excluding carboxylic acids is 1. The molecular weight excluding hydrogens is 336 g/mol. The van der Waals surface area contributed by atoms with Crippen molar-refractivity contribution in [2.45, 2.75) is 57.5 Å². The molecule has 1 saturated heterocycles. The minimum atomic E-state index is -0.864. The van der Waals surface area contributed by atoms with Crippen LogP contribution >= 0.6 is 0 Å². The highest BCUT2D eigenvalue weighted by atomic mass is 19.2. The van der Waals surface area contributed by atoms with Gasteiger partial charge in [-0.25, -0.2) is 13.6 Å². The van der Waals surface area contributed by atoms with Crippen LogP contribution in [-0.2, 0) is 6.54 Å². The van der Waals surface area contributed by atoms with Gasteiger partial charge in [-0.1, -0.05) is 25.3 Å². The number of halogens is 2. The van der Waals surface area contributed by atoms with E-state index in [4.69, 9.17) is 0 Å². The Bertz CT molecular complexity index is 599. The van der Waals surface area contributed by atoms with Crippen molar-refractivity contribution in [3.8, 4) is 0 Å². The van der Waals surface area contributed by atoms with Gasteiger partial charge in [-0.15, -0.1) is 0 Å². The van der Waals surface area contributed by atoms with Crippen LogP contribution in [-0.4, -0.2) is 36.6 Å². The Morgan fingerprint density at radius 3 is 2.50 bits per heavy atom. The fraction of sp³-hybridized carbons (Fsp3) is 0.650. The van der Waals surface area contributed by atoms with Crippen LogP contribution in [0.1, 0.15) is 50.5 Å². The first-order chi connectivity index (χ1) is 12.6. The second-order valence-electron chi connectivity index (χ2n) is 7.61. The summed E-state index contributed by atoms with van der Waals surface area (Å²) in [6.07, 6.45) is 7.66. The number of urea groups is 1. The zero-order valence-electron chi connectivity index (χ0n) is 15.3. The molecule has 0 spiro atoms. The molecule has 0 aromatic heterocycles. The molecule has 6 heteroatoms. The highest BCUT2D eigenvalue weighted by Gasteiger charge is 2.24. The zero-order valence-corrected chi connectivity index (χ0v) is 15.3. The third kappa shape index (κ3) is 5.40. The van der Waals surface area contributed by atoms with Crippen LogP contribution in [0.4, 0.5) is 13.6 Å². The first-order valence-corrected chi connectivity index (χ1v) is 9.82. The number of amides is 2. The lowest BCUT2D eigenvalue weighted by molar-refractivity contribution is 0.170. The Morgan fingerprint density at radius 1 is 1.08 bits per heavy atom. The number of hydrogen-bond acceptors (Lipinski definition) is 2. The molecule has 0 radical (unpaired) electrons. The van der Waals surface area contributed by atoms with E-state index in [1.165, 1.54) is 12.5 Å². The van der Waals surface area contributed by atoms with Crippen LogP contribution < -0.4 is 10.6 Å². The normalized spacial score (nSPS) is 19.3. The maximum Gasteiger partial charge on any atom is 0.317 e. The molecule has 2 N–H and O–H groups in total. The summed E-state index contributed by atoms with van der Waals surface area (Å²) in [7, 11) is 0. The maximum absolute atomic E-state index is 13.6. The highest BCUT2D eigenvalue weighted by molar-refractivity contribution is 5.74. The van der Waals surface area contributed by atoms with Gasteiger partial charge >= 0.3 is 6.03 Å². The molecule has 0 bridgehead atoms. The van der Waals surface area contributed by atoms with Gasteiger partial charge in [0.05, 0.1) is 0 Å². The molecule has 1 aliphatic carbocycles. The summed E-state index contributed by atoms with van der Waals surface area (Å²) in [6, 6.07) is 4.03. The molecule has 0 atom stereocenters. The standard InChI is InChI=1S/C20H29F2N3O/c21-18-7-6-16(12-19(18)22)14-25(13-15-8-10-23-11-9-15)20(26)24-17-4-2-1-3-5-17/h6-7,12,15,17,23H,1-5,8-11,13-14H2,(H,24,26). The second kappa shape index (κ2) is 9.31. The van der Waals surface area contributed by atoms with E-state index in [-0.39, 0.29) is 12.1 Å². The summed E-state index contributed by atoms with van der Waals surface area (Å²) in [4.78, 5) is 14.6. The Balaban J connectivity index is 1.66. The van der Waals surface area contributed by atoms with Gasteiger partial charge in [0.25, 0.3) is 0 Å². The third-order valence-corrected chi connectivity index (χ3v) is 5.51. The van der Waals surface area contributed by atoms with Crippen LogP contribution in [0, 0.1) is 17.6 Å². The van der Waals surface area contributed by atoms with Gasteiger partial charge in [-0.3, -0.25) is 0 Å². The Labute approximate surface area is 154 Å². The fourth-order valence-electron chi connectivity index (χ4n) is 3.97. The number of benzene rings is 1. The van der Waals surface area contributed by atoms with E-state index in [0.29, 0.717) is 24.6 Å². The largest absolute Gasteiger partial charge is 0.335 e. The van der Waals surface area contributed by atoms with Gasteiger partial charge in [0.1, 0.15) is 0 Å². The Hall–Kier alpha value is -1.69. The van der Waals surface area contributed by atoms with Crippen LogP contribution in [0.15, 0.2) is 18.2 Å². The molecule has 26 heavy (non-hydrogen) atoms. The van der Waals surface area contributed by atoms with Crippen LogP contribution in [0.5, 0.6) is 0 Å². The molecule has 2 fully saturated rings. The molecule has 2 amide bonds. The molecule has 1 aromatic rings. The average molecular weight is 365 g/mol. The van der Waals surface area contributed by atoms with E-state index in [2.05, 4.69) is 10.6 Å². The molecule has 2 aliphatic rings. The number of nitrogens with zero attached hydrogens (tertiary/aromatic N) is 1. The molecule has 144 valence electrons. The lowest BCUT2D eigenvalue weighted by atomic mass is 9.95. The van der Waals surface area contributed by atoms with E-state index in [0.717, 1.165) is 57.7 Å². The van der Waals surface area contributed by atoms with E-state index >= 15 is 0 Å². The molecule has 1 aliphatic heterocycles. The molecule has 1 heterocycles. The van der Waals surface area contributed by atoms with Crippen LogP contribution in [0.25, 0.3) is 0 Å². The van der Waals surface area contributed by atoms with E-state index in [9.17, 15) is 13.6 Å². The smallest absolute Gasteiger partial charge is 0.317 e. The topological polar surface area (TPSA) is 44.4 Å².